The van der Waals surface area contributed by atoms with Crippen molar-refractivity contribution in [3.63, 3.8) is 0 Å². The van der Waals surface area contributed by atoms with E-state index in [9.17, 15) is 9.90 Å². The molecule has 4 nitrogen and oxygen atoms in total. The Hall–Kier alpha value is -2.07. The number of aliphatic carboxylic acids is 1. The van der Waals surface area contributed by atoms with Crippen LogP contribution >= 0.6 is 0 Å². The lowest BCUT2D eigenvalue weighted by atomic mass is 9.93. The summed E-state index contributed by atoms with van der Waals surface area (Å²) < 4.78 is 6.25. The lowest BCUT2D eigenvalue weighted by Crippen LogP contribution is -2.38. The largest absolute Gasteiger partial charge is 0.490 e. The van der Waals surface area contributed by atoms with Gasteiger partial charge in [0, 0.05) is 6.04 Å². The Bertz CT molecular complexity index is 892. The summed E-state index contributed by atoms with van der Waals surface area (Å²) in [5.41, 5.74) is 1.33. The molecule has 29 heavy (non-hydrogen) atoms. The second-order valence-corrected chi connectivity index (χ2v) is 9.31. The van der Waals surface area contributed by atoms with Gasteiger partial charge < -0.3 is 9.84 Å². The van der Waals surface area contributed by atoms with Crippen molar-refractivity contribution in [1.82, 2.24) is 4.90 Å². The van der Waals surface area contributed by atoms with Crippen LogP contribution in [-0.4, -0.2) is 35.2 Å². The van der Waals surface area contributed by atoms with E-state index in [1.165, 1.54) is 35.6 Å². The van der Waals surface area contributed by atoms with Crippen LogP contribution in [0.2, 0.25) is 0 Å². The average molecular weight is 394 g/mol. The lowest BCUT2D eigenvalue weighted by molar-refractivity contribution is -0.143. The van der Waals surface area contributed by atoms with Gasteiger partial charge in [-0.1, -0.05) is 25.1 Å². The molecule has 5 rings (SSSR count). The molecule has 0 aromatic heterocycles. The third-order valence-electron chi connectivity index (χ3n) is 7.43. The molecule has 1 saturated heterocycles. The van der Waals surface area contributed by atoms with E-state index in [1.807, 2.05) is 0 Å². The molecule has 2 saturated carbocycles. The van der Waals surface area contributed by atoms with Gasteiger partial charge in [0.15, 0.2) is 0 Å². The normalized spacial score (nSPS) is 28.2. The highest BCUT2D eigenvalue weighted by atomic mass is 16.5. The summed E-state index contributed by atoms with van der Waals surface area (Å²) in [7, 11) is 0. The standard InChI is InChI=1S/C25H31NO3/c1-2-24(26-9-7-16(8-10-26)25(27)28)19-4-3-18-13-22(6-5-17(18)11-19)29-23-14-20-12-21(20)15-23/h3-6,11,13,16,20-21,23-24H,2,7-10,12,14-15H2,1H3,(H,27,28). The fourth-order valence-corrected chi connectivity index (χ4v) is 5.63. The van der Waals surface area contributed by atoms with Gasteiger partial charge in [-0.2, -0.15) is 0 Å². The quantitative estimate of drug-likeness (QED) is 0.727. The zero-order valence-corrected chi connectivity index (χ0v) is 17.2. The maximum Gasteiger partial charge on any atom is 0.306 e. The summed E-state index contributed by atoms with van der Waals surface area (Å²) in [6, 6.07) is 13.6. The fourth-order valence-electron chi connectivity index (χ4n) is 5.63. The summed E-state index contributed by atoms with van der Waals surface area (Å²) in [6.45, 7) is 3.95. The zero-order valence-electron chi connectivity index (χ0n) is 17.2. The van der Waals surface area contributed by atoms with Gasteiger partial charge in [0.25, 0.3) is 0 Å². The summed E-state index contributed by atoms with van der Waals surface area (Å²) in [4.78, 5) is 13.7. The van der Waals surface area contributed by atoms with Crippen molar-refractivity contribution in [3.8, 4) is 5.75 Å². The van der Waals surface area contributed by atoms with Gasteiger partial charge in [-0.25, -0.2) is 0 Å². The van der Waals surface area contributed by atoms with Crippen LogP contribution in [0.3, 0.4) is 0 Å². The molecule has 3 aliphatic rings. The molecule has 1 heterocycles. The fraction of sp³-hybridized carbons (Fsp3) is 0.560. The highest BCUT2D eigenvalue weighted by molar-refractivity contribution is 5.84. The van der Waals surface area contributed by atoms with Crippen molar-refractivity contribution in [2.45, 2.75) is 57.6 Å². The molecule has 0 spiro atoms. The van der Waals surface area contributed by atoms with Crippen LogP contribution in [0.15, 0.2) is 36.4 Å². The smallest absolute Gasteiger partial charge is 0.306 e. The van der Waals surface area contributed by atoms with Crippen molar-refractivity contribution in [2.24, 2.45) is 17.8 Å². The number of hydrogen-bond donors (Lipinski definition) is 1. The molecule has 3 fully saturated rings. The summed E-state index contributed by atoms with van der Waals surface area (Å²) in [6.07, 6.45) is 6.85. The Balaban J connectivity index is 1.29. The van der Waals surface area contributed by atoms with Crippen LogP contribution in [0.25, 0.3) is 10.8 Å². The predicted octanol–water partition coefficient (Wildman–Crippen LogP) is 5.26. The van der Waals surface area contributed by atoms with E-state index in [0.29, 0.717) is 12.1 Å². The van der Waals surface area contributed by atoms with Gasteiger partial charge in [-0.05, 0) is 98.0 Å². The second kappa shape index (κ2) is 7.64. The maximum atomic E-state index is 11.2. The number of fused-ring (bicyclic) bond motifs is 2. The van der Waals surface area contributed by atoms with E-state index in [2.05, 4.69) is 48.2 Å². The average Bonchev–Trinajstić information content (AvgIpc) is 3.35. The number of piperidine rings is 1. The van der Waals surface area contributed by atoms with Crippen LogP contribution in [-0.2, 0) is 4.79 Å². The number of ether oxygens (including phenoxy) is 1. The number of likely N-dealkylation sites (tertiary alicyclic amines) is 1. The summed E-state index contributed by atoms with van der Waals surface area (Å²) in [5, 5.41) is 11.7. The second-order valence-electron chi connectivity index (χ2n) is 9.31. The summed E-state index contributed by atoms with van der Waals surface area (Å²) >= 11 is 0. The first kappa shape index (κ1) is 18.9. The predicted molar refractivity (Wildman–Crippen MR) is 114 cm³/mol. The van der Waals surface area contributed by atoms with Crippen molar-refractivity contribution in [3.05, 3.63) is 42.0 Å². The van der Waals surface area contributed by atoms with Crippen LogP contribution in [0.4, 0.5) is 0 Å². The van der Waals surface area contributed by atoms with Crippen molar-refractivity contribution in [2.75, 3.05) is 13.1 Å². The van der Waals surface area contributed by atoms with Crippen molar-refractivity contribution in [1.29, 1.82) is 0 Å². The third kappa shape index (κ3) is 3.87. The number of rotatable bonds is 6. The molecule has 0 amide bonds. The van der Waals surface area contributed by atoms with E-state index in [4.69, 9.17) is 4.74 Å². The SMILES string of the molecule is CCC(c1ccc2cc(OC3CC4CC4C3)ccc2c1)N1CCC(C(=O)O)CC1. The molecule has 154 valence electrons. The highest BCUT2D eigenvalue weighted by Crippen LogP contribution is 2.52. The monoisotopic (exact) mass is 393 g/mol. The highest BCUT2D eigenvalue weighted by Gasteiger charge is 2.46. The third-order valence-corrected chi connectivity index (χ3v) is 7.43. The van der Waals surface area contributed by atoms with E-state index in [1.54, 1.807) is 0 Å². The van der Waals surface area contributed by atoms with Crippen molar-refractivity contribution >= 4 is 16.7 Å². The summed E-state index contributed by atoms with van der Waals surface area (Å²) in [5.74, 6) is 2.06. The molecule has 2 aliphatic carbocycles. The first-order valence-corrected chi connectivity index (χ1v) is 11.3. The van der Waals surface area contributed by atoms with E-state index < -0.39 is 5.97 Å². The van der Waals surface area contributed by atoms with Crippen LogP contribution in [0, 0.1) is 17.8 Å². The molecule has 0 bridgehead atoms. The molecule has 3 atom stereocenters. The Kier molecular flexibility index (Phi) is 4.99. The minimum atomic E-state index is -0.643. The number of carbonyl (C=O) groups is 1. The number of hydrogen-bond acceptors (Lipinski definition) is 3. The van der Waals surface area contributed by atoms with Crippen LogP contribution < -0.4 is 4.74 Å². The molecule has 1 N–H and O–H groups in total. The zero-order chi connectivity index (χ0) is 20.0. The van der Waals surface area contributed by atoms with Gasteiger partial charge in [0.2, 0.25) is 0 Å². The molecule has 0 radical (unpaired) electrons. The minimum Gasteiger partial charge on any atom is -0.490 e. The van der Waals surface area contributed by atoms with Gasteiger partial charge >= 0.3 is 5.97 Å². The molecule has 4 heteroatoms. The molecular formula is C25H31NO3. The van der Waals surface area contributed by atoms with Gasteiger partial charge in [-0.15, -0.1) is 0 Å². The number of nitrogens with zero attached hydrogens (tertiary/aromatic N) is 1. The molecular weight excluding hydrogens is 362 g/mol. The number of carboxylic acids is 1. The molecule has 2 aromatic rings. The molecule has 2 aromatic carbocycles. The first-order valence-electron chi connectivity index (χ1n) is 11.3. The first-order chi connectivity index (χ1) is 14.1. The van der Waals surface area contributed by atoms with Crippen molar-refractivity contribution < 1.29 is 14.6 Å². The van der Waals surface area contributed by atoms with Crippen LogP contribution in [0.1, 0.15) is 57.1 Å². The van der Waals surface area contributed by atoms with Gasteiger partial charge in [0.05, 0.1) is 12.0 Å². The maximum absolute atomic E-state index is 11.2. The molecule has 3 unspecified atom stereocenters. The Labute approximate surface area is 172 Å². The van der Waals surface area contributed by atoms with Gasteiger partial charge in [0.1, 0.15) is 5.75 Å². The lowest BCUT2D eigenvalue weighted by Gasteiger charge is -2.36. The van der Waals surface area contributed by atoms with E-state index in [-0.39, 0.29) is 5.92 Å². The van der Waals surface area contributed by atoms with Gasteiger partial charge in [-0.3, -0.25) is 9.69 Å². The minimum absolute atomic E-state index is 0.176. The van der Waals surface area contributed by atoms with Crippen LogP contribution in [0.5, 0.6) is 5.75 Å². The van der Waals surface area contributed by atoms with E-state index in [0.717, 1.165) is 49.9 Å². The Morgan fingerprint density at radius 3 is 2.45 bits per heavy atom. The number of benzene rings is 2. The Morgan fingerprint density at radius 2 is 1.76 bits per heavy atom. The molecule has 1 aliphatic heterocycles. The van der Waals surface area contributed by atoms with E-state index >= 15 is 0 Å². The Morgan fingerprint density at radius 1 is 1.07 bits per heavy atom. The topological polar surface area (TPSA) is 49.8 Å². The number of carboxylic acid groups (broad SMARTS) is 1.